The van der Waals surface area contributed by atoms with Crippen LogP contribution in [0.5, 0.6) is 0 Å². The van der Waals surface area contributed by atoms with Crippen LogP contribution in [-0.4, -0.2) is 19.1 Å². The number of hydrogen-bond donors (Lipinski definition) is 0. The Labute approximate surface area is 367 Å². The maximum absolute atomic E-state index is 4.83. The van der Waals surface area contributed by atoms with E-state index in [0.717, 1.165) is 11.6 Å². The van der Waals surface area contributed by atoms with Crippen LogP contribution in [0.2, 0.25) is 0 Å². The third-order valence-corrected chi connectivity index (χ3v) is 12.7. The molecule has 0 saturated carbocycles. The molecule has 0 spiro atoms. The molecular formula is C57H68N4. The summed E-state index contributed by atoms with van der Waals surface area (Å²) >= 11 is 0. The van der Waals surface area contributed by atoms with E-state index in [4.69, 9.17) is 9.97 Å². The van der Waals surface area contributed by atoms with Crippen molar-refractivity contribution < 1.29 is 0 Å². The smallest absolute Gasteiger partial charge is 0.144 e. The largest absolute Gasteiger partial charge is 0.299 e. The van der Waals surface area contributed by atoms with E-state index in [1.165, 1.54) is 91.8 Å². The van der Waals surface area contributed by atoms with Crippen molar-refractivity contribution in [2.24, 2.45) is 0 Å². The molecule has 1 aliphatic carbocycles. The normalized spacial score (nSPS) is 14.1. The Morgan fingerprint density at radius 1 is 0.557 bits per heavy atom. The highest BCUT2D eigenvalue weighted by Gasteiger charge is 2.27. The predicted octanol–water partition coefficient (Wildman–Crippen LogP) is 15.6. The van der Waals surface area contributed by atoms with Crippen LogP contribution in [0.15, 0.2) is 128 Å². The minimum atomic E-state index is 0.0613. The van der Waals surface area contributed by atoms with Crippen molar-refractivity contribution in [2.75, 3.05) is 0 Å². The fraction of sp³-hybridized carbons (Fsp3) is 0.368. The first kappa shape index (κ1) is 43.6. The molecule has 0 saturated heterocycles. The predicted molar refractivity (Wildman–Crippen MR) is 259 cm³/mol. The topological polar surface area (TPSA) is 35.6 Å². The number of benzene rings is 5. The van der Waals surface area contributed by atoms with Gasteiger partial charge in [-0.3, -0.25) is 9.13 Å². The second kappa shape index (κ2) is 18.2. The van der Waals surface area contributed by atoms with Gasteiger partial charge in [-0.05, 0) is 105 Å². The molecule has 316 valence electrons. The van der Waals surface area contributed by atoms with Crippen molar-refractivity contribution in [1.82, 2.24) is 19.1 Å². The number of aryl methyl sites for hydroxylation is 2. The first-order valence-electron chi connectivity index (χ1n) is 22.8. The minimum absolute atomic E-state index is 0.0613. The molecular weight excluding hydrogens is 741 g/mol. The van der Waals surface area contributed by atoms with Gasteiger partial charge in [-0.1, -0.05) is 179 Å². The maximum atomic E-state index is 4.83. The van der Waals surface area contributed by atoms with E-state index in [-0.39, 0.29) is 5.41 Å². The molecule has 0 bridgehead atoms. The SMILES string of the molecule is CC(C)c1cccc(C(C)C)c1-n1ccnc1-c1ccccc1C(C)(C)C.Cc1ccccc1-c1nccn1-c1c(C(C)C)cc(C2CCCc3ccccc32)cc1C(C)C. The van der Waals surface area contributed by atoms with E-state index in [9.17, 15) is 0 Å². The van der Waals surface area contributed by atoms with Gasteiger partial charge in [-0.2, -0.15) is 0 Å². The zero-order valence-electron chi connectivity index (χ0n) is 38.9. The third-order valence-electron chi connectivity index (χ3n) is 12.7. The van der Waals surface area contributed by atoms with Crippen LogP contribution in [-0.2, 0) is 11.8 Å². The Bertz CT molecular complexity index is 2530. The molecule has 4 heteroatoms. The molecule has 7 aromatic rings. The van der Waals surface area contributed by atoms with Gasteiger partial charge in [0.1, 0.15) is 11.6 Å². The second-order valence-corrected chi connectivity index (χ2v) is 19.4. The molecule has 2 aromatic heterocycles. The zero-order valence-corrected chi connectivity index (χ0v) is 38.9. The van der Waals surface area contributed by atoms with Gasteiger partial charge in [0.15, 0.2) is 0 Å². The molecule has 61 heavy (non-hydrogen) atoms. The lowest BCUT2D eigenvalue weighted by Crippen LogP contribution is -2.14. The van der Waals surface area contributed by atoms with Gasteiger partial charge < -0.3 is 0 Å². The van der Waals surface area contributed by atoms with Gasteiger partial charge in [0.05, 0.1) is 11.4 Å². The summed E-state index contributed by atoms with van der Waals surface area (Å²) < 4.78 is 4.64. The molecule has 1 aliphatic rings. The Kier molecular flexibility index (Phi) is 13.0. The van der Waals surface area contributed by atoms with Crippen molar-refractivity contribution in [1.29, 1.82) is 0 Å². The van der Waals surface area contributed by atoms with Gasteiger partial charge in [-0.25, -0.2) is 9.97 Å². The summed E-state index contributed by atoms with van der Waals surface area (Å²) in [5.74, 6) is 4.26. The Morgan fingerprint density at radius 2 is 1.05 bits per heavy atom. The second-order valence-electron chi connectivity index (χ2n) is 19.4. The summed E-state index contributed by atoms with van der Waals surface area (Å²) in [7, 11) is 0. The molecule has 4 nitrogen and oxygen atoms in total. The molecule has 0 fully saturated rings. The number of aromatic nitrogens is 4. The number of rotatable bonds is 9. The Hall–Kier alpha value is -5.48. The quantitative estimate of drug-likeness (QED) is 0.146. The van der Waals surface area contributed by atoms with E-state index in [1.807, 2.05) is 12.4 Å². The first-order chi connectivity index (χ1) is 29.2. The molecule has 2 heterocycles. The summed E-state index contributed by atoms with van der Waals surface area (Å²) in [5, 5.41) is 0. The molecule has 0 aliphatic heterocycles. The van der Waals surface area contributed by atoms with Gasteiger partial charge >= 0.3 is 0 Å². The van der Waals surface area contributed by atoms with E-state index < -0.39 is 0 Å². The minimum Gasteiger partial charge on any atom is -0.299 e. The fourth-order valence-electron chi connectivity index (χ4n) is 9.48. The zero-order chi connectivity index (χ0) is 43.6. The molecule has 0 N–H and O–H groups in total. The summed E-state index contributed by atoms with van der Waals surface area (Å²) in [5.41, 5.74) is 17.7. The molecule has 0 radical (unpaired) electrons. The summed E-state index contributed by atoms with van der Waals surface area (Å²) in [6.45, 7) is 27.3. The molecule has 5 aromatic carbocycles. The highest BCUT2D eigenvalue weighted by atomic mass is 15.1. The van der Waals surface area contributed by atoms with E-state index in [1.54, 1.807) is 0 Å². The van der Waals surface area contributed by atoms with Crippen molar-refractivity contribution in [2.45, 2.75) is 137 Å². The van der Waals surface area contributed by atoms with E-state index >= 15 is 0 Å². The molecule has 1 atom stereocenters. The molecule has 1 unspecified atom stereocenters. The van der Waals surface area contributed by atoms with Crippen LogP contribution in [0.1, 0.15) is 169 Å². The van der Waals surface area contributed by atoms with Gasteiger partial charge in [0, 0.05) is 41.8 Å². The van der Waals surface area contributed by atoms with Crippen molar-refractivity contribution in [3.05, 3.63) is 178 Å². The summed E-state index contributed by atoms with van der Waals surface area (Å²) in [4.78, 5) is 9.63. The van der Waals surface area contributed by atoms with Crippen LogP contribution in [0.25, 0.3) is 34.2 Å². The van der Waals surface area contributed by atoms with Crippen molar-refractivity contribution in [3.63, 3.8) is 0 Å². The van der Waals surface area contributed by atoms with Gasteiger partial charge in [0.2, 0.25) is 0 Å². The van der Waals surface area contributed by atoms with E-state index in [0.29, 0.717) is 29.6 Å². The lowest BCUT2D eigenvalue weighted by atomic mass is 9.77. The van der Waals surface area contributed by atoms with Crippen LogP contribution in [0.4, 0.5) is 0 Å². The molecule has 0 amide bonds. The third kappa shape index (κ3) is 8.96. The highest BCUT2D eigenvalue weighted by Crippen LogP contribution is 2.43. The summed E-state index contributed by atoms with van der Waals surface area (Å²) in [6, 6.07) is 38.0. The van der Waals surface area contributed by atoms with Gasteiger partial charge in [-0.15, -0.1) is 0 Å². The number of fused-ring (bicyclic) bond motifs is 1. The first-order valence-corrected chi connectivity index (χ1v) is 22.8. The van der Waals surface area contributed by atoms with Crippen LogP contribution in [0, 0.1) is 6.92 Å². The van der Waals surface area contributed by atoms with Crippen LogP contribution < -0.4 is 0 Å². The lowest BCUT2D eigenvalue weighted by molar-refractivity contribution is 0.591. The number of hydrogen-bond acceptors (Lipinski definition) is 2. The molecule has 8 rings (SSSR count). The van der Waals surface area contributed by atoms with Crippen LogP contribution in [0.3, 0.4) is 0 Å². The number of para-hydroxylation sites is 1. The average Bonchev–Trinajstić information content (AvgIpc) is 3.93. The number of nitrogens with zero attached hydrogens (tertiary/aromatic N) is 4. The monoisotopic (exact) mass is 809 g/mol. The Morgan fingerprint density at radius 3 is 1.61 bits per heavy atom. The standard InChI is InChI=1S/C32H36N2.C25H32N2/c1-21(2)29-19-25(28-16-10-13-24-12-7-9-15-27(24)28)20-30(22(3)4)31(29)34-18-17-33-32(34)26-14-8-6-11-23(26)5;1-17(2)19-12-10-13-20(18(3)4)23(19)27-16-15-26-24(27)21-11-8-9-14-22(21)25(5,6)7/h6-9,11-12,14-15,17-22,28H,10,13,16H2,1-5H3;8-18H,1-7H3. The van der Waals surface area contributed by atoms with Crippen LogP contribution >= 0.6 is 0 Å². The lowest BCUT2D eigenvalue weighted by Gasteiger charge is -2.29. The number of imidazole rings is 2. The van der Waals surface area contributed by atoms with E-state index in [2.05, 4.69) is 208 Å². The van der Waals surface area contributed by atoms with Gasteiger partial charge in [0.25, 0.3) is 0 Å². The Balaban J connectivity index is 0.000000189. The fourth-order valence-corrected chi connectivity index (χ4v) is 9.48. The highest BCUT2D eigenvalue weighted by molar-refractivity contribution is 5.68. The summed E-state index contributed by atoms with van der Waals surface area (Å²) in [6.07, 6.45) is 11.8. The average molecular weight is 809 g/mol. The van der Waals surface area contributed by atoms with Crippen molar-refractivity contribution in [3.8, 4) is 34.2 Å². The van der Waals surface area contributed by atoms with Crippen molar-refractivity contribution >= 4 is 0 Å². The maximum Gasteiger partial charge on any atom is 0.144 e.